The summed E-state index contributed by atoms with van der Waals surface area (Å²) in [5.74, 6) is 0.179. The van der Waals surface area contributed by atoms with Gasteiger partial charge in [0.2, 0.25) is 5.56 Å². The molecule has 4 rings (SSSR count). The third-order valence-electron chi connectivity index (χ3n) is 5.17. The van der Waals surface area contributed by atoms with Gasteiger partial charge in [0.15, 0.2) is 0 Å². The van der Waals surface area contributed by atoms with Crippen molar-refractivity contribution in [1.29, 1.82) is 0 Å². The first-order valence-electron chi connectivity index (χ1n) is 10.5. The van der Waals surface area contributed by atoms with Crippen LogP contribution in [0.5, 0.6) is 5.75 Å². The lowest BCUT2D eigenvalue weighted by Gasteiger charge is -2.11. The predicted octanol–water partition coefficient (Wildman–Crippen LogP) is 4.39. The zero-order valence-corrected chi connectivity index (χ0v) is 19.4. The monoisotopic (exact) mass is 478 g/mol. The molecule has 2 aromatic heterocycles. The molecule has 0 amide bonds. The zero-order valence-electron chi connectivity index (χ0n) is 18.6. The fourth-order valence-corrected chi connectivity index (χ4v) is 3.62. The number of halogens is 1. The quantitative estimate of drug-likeness (QED) is 0.346. The van der Waals surface area contributed by atoms with E-state index in [0.717, 1.165) is 17.9 Å². The summed E-state index contributed by atoms with van der Waals surface area (Å²) in [5.41, 5.74) is 2.79. The lowest BCUT2D eigenvalue weighted by atomic mass is 10.0. The van der Waals surface area contributed by atoms with Crippen molar-refractivity contribution in [2.24, 2.45) is 0 Å². The summed E-state index contributed by atoms with van der Waals surface area (Å²) in [6, 6.07) is 15.4. The number of benzene rings is 2. The minimum absolute atomic E-state index is 0.0280. The molecule has 174 valence electrons. The van der Waals surface area contributed by atoms with Crippen molar-refractivity contribution in [3.8, 4) is 39.7 Å². The van der Waals surface area contributed by atoms with E-state index in [1.807, 2.05) is 43.3 Å². The number of hydrogen-bond donors (Lipinski definition) is 3. The number of likely N-dealkylation sites (N-methyl/N-ethyl adjacent to an activating group) is 1. The number of hydrogen-bond acceptors (Lipinski definition) is 5. The number of ether oxygens (including phenoxy) is 1. The summed E-state index contributed by atoms with van der Waals surface area (Å²) >= 11 is 6.06. The molecule has 0 atom stereocenters. The van der Waals surface area contributed by atoms with E-state index in [2.05, 4.69) is 9.97 Å². The van der Waals surface area contributed by atoms with Crippen molar-refractivity contribution >= 4 is 17.6 Å². The molecular formula is C25H23ClN4O4. The molecule has 0 aliphatic rings. The first-order chi connectivity index (χ1) is 16.3. The van der Waals surface area contributed by atoms with Gasteiger partial charge in [0.25, 0.3) is 0 Å². The van der Waals surface area contributed by atoms with Crippen LogP contribution >= 0.6 is 11.6 Å². The van der Waals surface area contributed by atoms with Gasteiger partial charge in [-0.2, -0.15) is 0 Å². The van der Waals surface area contributed by atoms with Crippen LogP contribution < -0.4 is 10.3 Å². The average Bonchev–Trinajstić information content (AvgIpc) is 3.25. The molecule has 2 aromatic carbocycles. The normalized spacial score (nSPS) is 11.1. The Hall–Kier alpha value is -3.88. The fraction of sp³-hybridized carbons (Fsp3) is 0.160. The number of aromatic carboxylic acids is 1. The van der Waals surface area contributed by atoms with Gasteiger partial charge in [-0.3, -0.25) is 4.79 Å². The van der Waals surface area contributed by atoms with Crippen molar-refractivity contribution < 1.29 is 14.6 Å². The van der Waals surface area contributed by atoms with Gasteiger partial charge in [-0.05, 0) is 56.6 Å². The molecule has 0 radical (unpaired) electrons. The maximum atomic E-state index is 11.9. The molecular weight excluding hydrogens is 456 g/mol. The van der Waals surface area contributed by atoms with Crippen LogP contribution in [-0.4, -0.2) is 58.2 Å². The fourth-order valence-electron chi connectivity index (χ4n) is 3.42. The smallest absolute Gasteiger partial charge is 0.337 e. The van der Waals surface area contributed by atoms with Crippen LogP contribution in [0.4, 0.5) is 0 Å². The van der Waals surface area contributed by atoms with Crippen molar-refractivity contribution in [1.82, 2.24) is 19.9 Å². The maximum absolute atomic E-state index is 11.9. The number of carboxylic acid groups (broad SMARTS) is 1. The van der Waals surface area contributed by atoms with E-state index in [4.69, 9.17) is 21.3 Å². The Morgan fingerprint density at radius 3 is 2.47 bits per heavy atom. The molecule has 0 fully saturated rings. The second-order valence-corrected chi connectivity index (χ2v) is 8.33. The van der Waals surface area contributed by atoms with E-state index in [9.17, 15) is 14.7 Å². The van der Waals surface area contributed by atoms with Crippen molar-refractivity contribution in [2.45, 2.75) is 0 Å². The number of nitrogens with zero attached hydrogens (tertiary/aromatic N) is 2. The molecule has 0 aliphatic carbocycles. The Balaban J connectivity index is 1.75. The van der Waals surface area contributed by atoms with Gasteiger partial charge in [0.05, 0.1) is 22.0 Å². The Kier molecular flexibility index (Phi) is 6.81. The van der Waals surface area contributed by atoms with E-state index in [1.54, 1.807) is 18.3 Å². The van der Waals surface area contributed by atoms with E-state index in [-0.39, 0.29) is 16.1 Å². The molecule has 4 aromatic rings. The second kappa shape index (κ2) is 9.94. The van der Waals surface area contributed by atoms with E-state index >= 15 is 0 Å². The highest BCUT2D eigenvalue weighted by Crippen LogP contribution is 2.34. The molecule has 8 nitrogen and oxygen atoms in total. The molecule has 0 bridgehead atoms. The number of imidazole rings is 1. The van der Waals surface area contributed by atoms with Crippen molar-refractivity contribution in [3.63, 3.8) is 0 Å². The maximum Gasteiger partial charge on any atom is 0.337 e. The minimum atomic E-state index is -1.13. The predicted molar refractivity (Wildman–Crippen MR) is 132 cm³/mol. The van der Waals surface area contributed by atoms with Crippen LogP contribution in [-0.2, 0) is 0 Å². The molecule has 9 heteroatoms. The molecule has 0 spiro atoms. The number of H-pyrrole nitrogens is 2. The highest BCUT2D eigenvalue weighted by Gasteiger charge is 2.18. The minimum Gasteiger partial charge on any atom is -0.492 e. The van der Waals surface area contributed by atoms with E-state index in [1.165, 1.54) is 18.2 Å². The van der Waals surface area contributed by atoms with Crippen LogP contribution in [0.3, 0.4) is 0 Å². The Morgan fingerprint density at radius 2 is 1.79 bits per heavy atom. The second-order valence-electron chi connectivity index (χ2n) is 7.93. The highest BCUT2D eigenvalue weighted by atomic mass is 35.5. The summed E-state index contributed by atoms with van der Waals surface area (Å²) in [7, 11) is 3.97. The topological polar surface area (TPSA) is 111 Å². The lowest BCUT2D eigenvalue weighted by Crippen LogP contribution is -2.19. The summed E-state index contributed by atoms with van der Waals surface area (Å²) < 4.78 is 5.76. The largest absolute Gasteiger partial charge is 0.492 e. The van der Waals surface area contributed by atoms with Crippen LogP contribution in [0.15, 0.2) is 65.6 Å². The molecule has 0 aliphatic heterocycles. The van der Waals surface area contributed by atoms with Gasteiger partial charge in [0.1, 0.15) is 18.2 Å². The third kappa shape index (κ3) is 5.19. The van der Waals surface area contributed by atoms with Crippen LogP contribution in [0.25, 0.3) is 33.9 Å². The lowest BCUT2D eigenvalue weighted by molar-refractivity contribution is 0.0697. The third-order valence-corrected chi connectivity index (χ3v) is 5.50. The van der Waals surface area contributed by atoms with Crippen LogP contribution in [0.1, 0.15) is 10.4 Å². The number of carbonyl (C=O) groups is 1. The first-order valence-corrected chi connectivity index (χ1v) is 10.9. The standard InChI is InChI=1S/C25H23ClN4O4/c1-30(2)11-12-34-18-6-3-15(4-7-18)24-28-22(16-5-8-20(26)19(13-16)25(32)33)23(29-24)17-9-10-27-21(31)14-17/h3-10,13-14H,11-12H2,1-2H3,(H,27,31)(H,28,29)(H,32,33). The Bertz CT molecular complexity index is 1380. The average molecular weight is 479 g/mol. The molecule has 3 N–H and O–H groups in total. The number of pyridine rings is 1. The SMILES string of the molecule is CN(C)CCOc1ccc(-c2nc(-c3ccc(Cl)c(C(=O)O)c3)c(-c3cc[nH]c(=O)c3)[nH]2)cc1. The zero-order chi connectivity index (χ0) is 24.2. The Labute approximate surface area is 200 Å². The summed E-state index contributed by atoms with van der Waals surface area (Å²) in [6.07, 6.45) is 1.55. The summed E-state index contributed by atoms with van der Waals surface area (Å²) in [5, 5.41) is 9.62. The highest BCUT2D eigenvalue weighted by molar-refractivity contribution is 6.33. The summed E-state index contributed by atoms with van der Waals surface area (Å²) in [4.78, 5) is 36.2. The van der Waals surface area contributed by atoms with Gasteiger partial charge < -0.3 is 24.7 Å². The number of rotatable bonds is 8. The number of aromatic amines is 2. The Morgan fingerprint density at radius 1 is 1.06 bits per heavy atom. The molecule has 0 saturated heterocycles. The number of carboxylic acids is 1. The van der Waals surface area contributed by atoms with Crippen molar-refractivity contribution in [2.75, 3.05) is 27.2 Å². The van der Waals surface area contributed by atoms with Gasteiger partial charge in [-0.1, -0.05) is 17.7 Å². The molecule has 0 unspecified atom stereocenters. The summed E-state index contributed by atoms with van der Waals surface area (Å²) in [6.45, 7) is 1.38. The first kappa shape index (κ1) is 23.3. The molecule has 2 heterocycles. The van der Waals surface area contributed by atoms with Gasteiger partial charge in [-0.25, -0.2) is 9.78 Å². The van der Waals surface area contributed by atoms with Crippen molar-refractivity contribution in [3.05, 3.63) is 81.7 Å². The van der Waals surface area contributed by atoms with Gasteiger partial charge >= 0.3 is 5.97 Å². The van der Waals surface area contributed by atoms with E-state index in [0.29, 0.717) is 34.9 Å². The molecule has 0 saturated carbocycles. The molecule has 34 heavy (non-hydrogen) atoms. The van der Waals surface area contributed by atoms with Crippen LogP contribution in [0.2, 0.25) is 5.02 Å². The van der Waals surface area contributed by atoms with Crippen LogP contribution in [0, 0.1) is 0 Å². The van der Waals surface area contributed by atoms with Gasteiger partial charge in [0, 0.05) is 35.5 Å². The number of aromatic nitrogens is 3. The van der Waals surface area contributed by atoms with Gasteiger partial charge in [-0.15, -0.1) is 0 Å². The van der Waals surface area contributed by atoms with E-state index < -0.39 is 5.97 Å². The number of nitrogens with one attached hydrogen (secondary N) is 2.